The molecule has 1 N–H and O–H groups in total. The van der Waals surface area contributed by atoms with Gasteiger partial charge >= 0.3 is 0 Å². The van der Waals surface area contributed by atoms with Gasteiger partial charge in [-0.2, -0.15) is 0 Å². The molecule has 7 aromatic rings. The summed E-state index contributed by atoms with van der Waals surface area (Å²) in [7, 11) is 0. The molecule has 9 rings (SSSR count). The van der Waals surface area contributed by atoms with Gasteiger partial charge < -0.3 is 5.32 Å². The summed E-state index contributed by atoms with van der Waals surface area (Å²) in [5.41, 5.74) is 12.9. The SMILES string of the molecule is C1=C(c2ccccc2)c2ccccc2C2NC(n3c4ccccc4c4cc(-c5ccccc5)ccc43)=NC(c3ccccc3)=C12. The van der Waals surface area contributed by atoms with Crippen molar-refractivity contribution in [3.8, 4) is 11.1 Å². The van der Waals surface area contributed by atoms with Crippen molar-refractivity contribution >= 4 is 39.0 Å². The van der Waals surface area contributed by atoms with Crippen molar-refractivity contribution in [1.82, 2.24) is 9.88 Å². The van der Waals surface area contributed by atoms with Crippen molar-refractivity contribution in [2.45, 2.75) is 6.04 Å². The van der Waals surface area contributed by atoms with Crippen molar-refractivity contribution in [2.75, 3.05) is 0 Å². The lowest BCUT2D eigenvalue weighted by atomic mass is 9.80. The lowest BCUT2D eigenvalue weighted by Crippen LogP contribution is -2.38. The Hall–Kier alpha value is -5.93. The zero-order valence-corrected chi connectivity index (χ0v) is 24.6. The second-order valence-corrected chi connectivity index (χ2v) is 11.6. The van der Waals surface area contributed by atoms with Gasteiger partial charge in [-0.1, -0.05) is 140 Å². The van der Waals surface area contributed by atoms with Crippen molar-refractivity contribution in [1.29, 1.82) is 0 Å². The molecule has 2 heterocycles. The number of rotatable bonds is 3. The van der Waals surface area contributed by atoms with Gasteiger partial charge in [0.15, 0.2) is 0 Å². The third-order valence-corrected chi connectivity index (χ3v) is 9.06. The highest BCUT2D eigenvalue weighted by molar-refractivity contribution is 6.15. The second-order valence-electron chi connectivity index (χ2n) is 11.6. The molecule has 2 aliphatic rings. The highest BCUT2D eigenvalue weighted by atomic mass is 15.2. The van der Waals surface area contributed by atoms with Crippen molar-refractivity contribution in [2.24, 2.45) is 4.99 Å². The summed E-state index contributed by atoms with van der Waals surface area (Å²) < 4.78 is 2.30. The normalized spacial score (nSPS) is 15.7. The van der Waals surface area contributed by atoms with Crippen LogP contribution >= 0.6 is 0 Å². The van der Waals surface area contributed by atoms with Crippen LogP contribution in [-0.4, -0.2) is 10.5 Å². The molecule has 45 heavy (non-hydrogen) atoms. The lowest BCUT2D eigenvalue weighted by molar-refractivity contribution is 0.726. The van der Waals surface area contributed by atoms with E-state index in [4.69, 9.17) is 4.99 Å². The summed E-state index contributed by atoms with van der Waals surface area (Å²) in [6, 6.07) is 56.0. The number of nitrogens with one attached hydrogen (secondary N) is 1. The number of hydrogen-bond donors (Lipinski definition) is 1. The molecular weight excluding hydrogens is 546 g/mol. The third-order valence-electron chi connectivity index (χ3n) is 9.06. The van der Waals surface area contributed by atoms with E-state index >= 15 is 0 Å². The maximum atomic E-state index is 5.46. The molecule has 3 nitrogen and oxygen atoms in total. The maximum Gasteiger partial charge on any atom is 0.209 e. The van der Waals surface area contributed by atoms with Gasteiger partial charge in [0, 0.05) is 21.9 Å². The molecule has 1 atom stereocenters. The molecule has 0 fully saturated rings. The number of fused-ring (bicyclic) bond motifs is 6. The van der Waals surface area contributed by atoms with E-state index < -0.39 is 0 Å². The van der Waals surface area contributed by atoms with Crippen LogP contribution in [0, 0.1) is 0 Å². The quantitative estimate of drug-likeness (QED) is 0.223. The molecule has 1 unspecified atom stereocenters. The monoisotopic (exact) mass is 575 g/mol. The van der Waals surface area contributed by atoms with Crippen molar-refractivity contribution < 1.29 is 0 Å². The number of benzene rings is 6. The topological polar surface area (TPSA) is 29.3 Å². The number of para-hydroxylation sites is 1. The zero-order chi connectivity index (χ0) is 29.7. The molecule has 0 saturated carbocycles. The van der Waals surface area contributed by atoms with Crippen LogP contribution in [0.5, 0.6) is 0 Å². The summed E-state index contributed by atoms with van der Waals surface area (Å²) in [6.45, 7) is 0. The van der Waals surface area contributed by atoms with Gasteiger partial charge in [0.25, 0.3) is 0 Å². The van der Waals surface area contributed by atoms with Crippen LogP contribution in [0.3, 0.4) is 0 Å². The Morgan fingerprint density at radius 3 is 1.91 bits per heavy atom. The van der Waals surface area contributed by atoms with Crippen LogP contribution in [-0.2, 0) is 0 Å². The minimum Gasteiger partial charge on any atom is -0.344 e. The average molecular weight is 576 g/mol. The van der Waals surface area contributed by atoms with Crippen LogP contribution < -0.4 is 5.32 Å². The zero-order valence-electron chi connectivity index (χ0n) is 24.6. The van der Waals surface area contributed by atoms with Crippen LogP contribution in [0.25, 0.3) is 44.2 Å². The first-order chi connectivity index (χ1) is 22.3. The van der Waals surface area contributed by atoms with Crippen LogP contribution in [0.1, 0.15) is 28.3 Å². The van der Waals surface area contributed by atoms with Crippen molar-refractivity contribution in [3.63, 3.8) is 0 Å². The largest absolute Gasteiger partial charge is 0.344 e. The Morgan fingerprint density at radius 1 is 0.511 bits per heavy atom. The first kappa shape index (κ1) is 25.6. The number of aromatic nitrogens is 1. The van der Waals surface area contributed by atoms with Gasteiger partial charge in [-0.3, -0.25) is 4.57 Å². The lowest BCUT2D eigenvalue weighted by Gasteiger charge is -2.34. The van der Waals surface area contributed by atoms with Gasteiger partial charge in [0.2, 0.25) is 5.96 Å². The highest BCUT2D eigenvalue weighted by Crippen LogP contribution is 2.45. The summed E-state index contributed by atoms with van der Waals surface area (Å²) in [5, 5.41) is 6.35. The molecule has 0 saturated heterocycles. The van der Waals surface area contributed by atoms with Crippen LogP contribution in [0.4, 0.5) is 0 Å². The highest BCUT2D eigenvalue weighted by Gasteiger charge is 2.33. The van der Waals surface area contributed by atoms with Crippen molar-refractivity contribution in [3.05, 3.63) is 192 Å². The molecule has 0 spiro atoms. The molecule has 1 aliphatic carbocycles. The fourth-order valence-corrected chi connectivity index (χ4v) is 6.98. The Kier molecular flexibility index (Phi) is 5.88. The molecule has 212 valence electrons. The van der Waals surface area contributed by atoms with E-state index in [9.17, 15) is 0 Å². The molecule has 1 aromatic heterocycles. The smallest absolute Gasteiger partial charge is 0.209 e. The molecule has 1 aliphatic heterocycles. The number of hydrogen-bond acceptors (Lipinski definition) is 2. The third kappa shape index (κ3) is 4.16. The van der Waals surface area contributed by atoms with E-state index in [1.54, 1.807) is 0 Å². The molecule has 0 bridgehead atoms. The van der Waals surface area contributed by atoms with Gasteiger partial charge in [-0.05, 0) is 57.7 Å². The van der Waals surface area contributed by atoms with E-state index in [1.807, 2.05) is 0 Å². The second kappa shape index (κ2) is 10.4. The van der Waals surface area contributed by atoms with Gasteiger partial charge in [-0.15, -0.1) is 0 Å². The fourth-order valence-electron chi connectivity index (χ4n) is 6.98. The van der Waals surface area contributed by atoms with Crippen LogP contribution in [0.15, 0.2) is 174 Å². The molecule has 3 heteroatoms. The average Bonchev–Trinajstić information content (AvgIpc) is 3.46. The standard InChI is InChI=1S/C42H29N3/c1-4-14-28(15-5-1)31-24-25-39-36(26-31)33-21-12-13-23-38(33)45(39)42-43-40(30-18-8-3-9-19-30)37-27-35(29-16-6-2-7-17-29)32-20-10-11-22-34(32)41(37)44-42/h1-27,41H,(H,43,44). The van der Waals surface area contributed by atoms with E-state index in [1.165, 1.54) is 49.7 Å². The minimum atomic E-state index is -0.0591. The van der Waals surface area contributed by atoms with Gasteiger partial charge in [-0.25, -0.2) is 4.99 Å². The van der Waals surface area contributed by atoms with E-state index in [-0.39, 0.29) is 6.04 Å². The predicted molar refractivity (Wildman–Crippen MR) is 187 cm³/mol. The van der Waals surface area contributed by atoms with Gasteiger partial charge in [0.1, 0.15) is 0 Å². The first-order valence-electron chi connectivity index (χ1n) is 15.4. The Labute approximate surface area is 262 Å². The summed E-state index contributed by atoms with van der Waals surface area (Å²) >= 11 is 0. The number of aliphatic imine (C=N–C) groups is 1. The summed E-state index contributed by atoms with van der Waals surface area (Å²) in [6.07, 6.45) is 2.34. The molecular formula is C42H29N3. The molecule has 0 amide bonds. The Balaban J connectivity index is 1.31. The first-order valence-corrected chi connectivity index (χ1v) is 15.4. The van der Waals surface area contributed by atoms with E-state index in [0.29, 0.717) is 0 Å². The maximum absolute atomic E-state index is 5.46. The molecule has 0 radical (unpaired) electrons. The Bertz CT molecular complexity index is 2320. The predicted octanol–water partition coefficient (Wildman–Crippen LogP) is 9.87. The minimum absolute atomic E-state index is 0.0591. The fraction of sp³-hybridized carbons (Fsp3) is 0.0238. The summed E-state index contributed by atoms with van der Waals surface area (Å²) in [5.74, 6) is 0.827. The van der Waals surface area contributed by atoms with Crippen LogP contribution in [0.2, 0.25) is 0 Å². The Morgan fingerprint density at radius 2 is 1.13 bits per heavy atom. The van der Waals surface area contributed by atoms with E-state index in [2.05, 4.69) is 174 Å². The summed E-state index contributed by atoms with van der Waals surface area (Å²) in [4.78, 5) is 5.46. The number of nitrogens with zero attached hydrogens (tertiary/aromatic N) is 2. The van der Waals surface area contributed by atoms with E-state index in [0.717, 1.165) is 28.3 Å². The molecule has 6 aromatic carbocycles. The van der Waals surface area contributed by atoms with Gasteiger partial charge in [0.05, 0.1) is 22.8 Å².